The summed E-state index contributed by atoms with van der Waals surface area (Å²) in [6, 6.07) is 13.5. The molecule has 41 heavy (non-hydrogen) atoms. The van der Waals surface area contributed by atoms with Crippen LogP contribution in [0.2, 0.25) is 0 Å². The molecule has 0 aliphatic carbocycles. The highest BCUT2D eigenvalue weighted by molar-refractivity contribution is 5.99. The number of nitrogens with one attached hydrogen (secondary N) is 1. The fourth-order valence-electron chi connectivity index (χ4n) is 5.63. The number of hydrogen-bond acceptors (Lipinski definition) is 6. The largest absolute Gasteiger partial charge is 0.468 e. The summed E-state index contributed by atoms with van der Waals surface area (Å²) in [4.78, 5) is 33.5. The van der Waals surface area contributed by atoms with Crippen LogP contribution in [0.4, 0.5) is 8.78 Å². The topological polar surface area (TPSA) is 104 Å². The predicted molar refractivity (Wildman–Crippen MR) is 148 cm³/mol. The summed E-state index contributed by atoms with van der Waals surface area (Å²) in [6.07, 6.45) is 0.495. The second-order valence-electron chi connectivity index (χ2n) is 10.2. The Bertz CT molecular complexity index is 1600. The molecule has 2 atom stereocenters. The van der Waals surface area contributed by atoms with E-state index in [4.69, 9.17) is 4.74 Å². The van der Waals surface area contributed by atoms with Gasteiger partial charge in [-0.1, -0.05) is 30.3 Å². The lowest BCUT2D eigenvalue weighted by molar-refractivity contribution is -0.0535. The zero-order valence-corrected chi connectivity index (χ0v) is 23.5. The van der Waals surface area contributed by atoms with Crippen LogP contribution < -0.4 is 14.8 Å². The highest BCUT2D eigenvalue weighted by Crippen LogP contribution is 2.31. The van der Waals surface area contributed by atoms with Crippen LogP contribution in [0.1, 0.15) is 49.9 Å². The van der Waals surface area contributed by atoms with Crippen molar-refractivity contribution >= 4 is 22.8 Å². The van der Waals surface area contributed by atoms with Crippen molar-refractivity contribution in [2.24, 2.45) is 14.1 Å². The van der Waals surface area contributed by atoms with Crippen LogP contribution in [-0.4, -0.2) is 68.9 Å². The quantitative estimate of drug-likeness (QED) is 0.363. The first-order valence-electron chi connectivity index (χ1n) is 13.2. The summed E-state index contributed by atoms with van der Waals surface area (Å²) in [6.45, 7) is 1.19. The zero-order valence-electron chi connectivity index (χ0n) is 23.5. The van der Waals surface area contributed by atoms with Crippen molar-refractivity contribution in [2.75, 3.05) is 20.2 Å². The Kier molecular flexibility index (Phi) is 7.65. The van der Waals surface area contributed by atoms with Gasteiger partial charge in [0.15, 0.2) is 0 Å². The Hall–Kier alpha value is -4.48. The van der Waals surface area contributed by atoms with E-state index in [-0.39, 0.29) is 35.0 Å². The molecule has 0 spiro atoms. The van der Waals surface area contributed by atoms with Gasteiger partial charge in [0.2, 0.25) is 5.88 Å². The van der Waals surface area contributed by atoms with E-state index < -0.39 is 12.5 Å². The van der Waals surface area contributed by atoms with Crippen molar-refractivity contribution in [3.8, 4) is 11.9 Å². The maximum Gasteiger partial charge on any atom is 0.388 e. The number of benzene rings is 2. The molecule has 0 bridgehead atoms. The highest BCUT2D eigenvalue weighted by atomic mass is 19.3. The molecule has 1 N–H and O–H groups in total. The van der Waals surface area contributed by atoms with Crippen LogP contribution >= 0.6 is 0 Å². The Morgan fingerprint density at radius 3 is 2.54 bits per heavy atom. The molecule has 4 aromatic rings. The standard InChI is InChI=1S/C29H32F2N6O4/c1-16-13-19(14-22-23(16)33-29(40-5)35(22)3)27(39)37-12-11-21(20(15-37)18-9-7-6-8-10-18)32-25(38)24-17(2)26(34-36(24)4)41-28(30)31/h6-10,13-14,20-21,28H,11-12,15H2,1-5H3,(H,32,38)/t20-,21-/m1/s1. The number of carbonyl (C=O) groups is 2. The van der Waals surface area contributed by atoms with Crippen molar-refractivity contribution in [1.29, 1.82) is 0 Å². The summed E-state index contributed by atoms with van der Waals surface area (Å²) in [5, 5.41) is 7.01. The molecular formula is C29H32F2N6O4. The van der Waals surface area contributed by atoms with E-state index in [0.29, 0.717) is 31.1 Å². The van der Waals surface area contributed by atoms with E-state index in [1.165, 1.54) is 18.7 Å². The number of amides is 2. The first-order chi connectivity index (χ1) is 19.6. The molecule has 216 valence electrons. The highest BCUT2D eigenvalue weighted by Gasteiger charge is 2.35. The van der Waals surface area contributed by atoms with Gasteiger partial charge in [-0.15, -0.1) is 5.10 Å². The molecule has 12 heteroatoms. The molecule has 2 amide bonds. The lowest BCUT2D eigenvalue weighted by atomic mass is 9.85. The molecule has 2 aromatic heterocycles. The molecule has 10 nitrogen and oxygen atoms in total. The van der Waals surface area contributed by atoms with E-state index >= 15 is 0 Å². The number of alkyl halides is 2. The monoisotopic (exact) mass is 566 g/mol. The molecular weight excluding hydrogens is 534 g/mol. The maximum absolute atomic E-state index is 13.8. The van der Waals surface area contributed by atoms with Gasteiger partial charge in [-0.2, -0.15) is 13.8 Å². The zero-order chi connectivity index (χ0) is 29.4. The van der Waals surface area contributed by atoms with E-state index in [2.05, 4.69) is 20.1 Å². The lowest BCUT2D eigenvalue weighted by Crippen LogP contribution is -2.51. The van der Waals surface area contributed by atoms with Crippen LogP contribution in [0.25, 0.3) is 11.0 Å². The summed E-state index contributed by atoms with van der Waals surface area (Å²) < 4.78 is 38.5. The fourth-order valence-corrected chi connectivity index (χ4v) is 5.63. The van der Waals surface area contributed by atoms with Gasteiger partial charge in [0.1, 0.15) is 5.69 Å². The normalized spacial score (nSPS) is 17.2. The summed E-state index contributed by atoms with van der Waals surface area (Å²) in [7, 11) is 4.90. The summed E-state index contributed by atoms with van der Waals surface area (Å²) in [5.74, 6) is -1.05. The van der Waals surface area contributed by atoms with Crippen LogP contribution in [0.5, 0.6) is 11.9 Å². The van der Waals surface area contributed by atoms with Crippen LogP contribution in [-0.2, 0) is 14.1 Å². The van der Waals surface area contributed by atoms with Crippen LogP contribution in [0, 0.1) is 13.8 Å². The minimum absolute atomic E-state index is 0.114. The Balaban J connectivity index is 1.40. The van der Waals surface area contributed by atoms with Gasteiger partial charge in [-0.05, 0) is 43.5 Å². The van der Waals surface area contributed by atoms with Gasteiger partial charge in [-0.25, -0.2) is 0 Å². The average Bonchev–Trinajstić information content (AvgIpc) is 3.43. The Morgan fingerprint density at radius 2 is 1.85 bits per heavy atom. The van der Waals surface area contributed by atoms with E-state index in [0.717, 1.165) is 22.2 Å². The number of nitrogens with zero attached hydrogens (tertiary/aromatic N) is 5. The second kappa shape index (κ2) is 11.2. The van der Waals surface area contributed by atoms with E-state index in [1.54, 1.807) is 12.0 Å². The van der Waals surface area contributed by atoms with Crippen molar-refractivity contribution < 1.29 is 27.8 Å². The molecule has 2 aromatic carbocycles. The number of likely N-dealkylation sites (tertiary alicyclic amines) is 1. The Labute approximate surface area is 235 Å². The molecule has 0 radical (unpaired) electrons. The van der Waals surface area contributed by atoms with Gasteiger partial charge >= 0.3 is 6.61 Å². The minimum Gasteiger partial charge on any atom is -0.468 e. The average molecular weight is 567 g/mol. The third-order valence-electron chi connectivity index (χ3n) is 7.67. The number of methoxy groups -OCH3 is 1. The number of aryl methyl sites for hydroxylation is 3. The van der Waals surface area contributed by atoms with Crippen molar-refractivity contribution in [3.05, 3.63) is 70.4 Å². The van der Waals surface area contributed by atoms with E-state index in [1.807, 2.05) is 61.0 Å². The van der Waals surface area contributed by atoms with Gasteiger partial charge < -0.3 is 19.7 Å². The summed E-state index contributed by atoms with van der Waals surface area (Å²) in [5.41, 5.74) is 4.33. The van der Waals surface area contributed by atoms with Gasteiger partial charge in [-0.3, -0.25) is 18.8 Å². The third kappa shape index (κ3) is 5.33. The van der Waals surface area contributed by atoms with Gasteiger partial charge in [0.25, 0.3) is 17.8 Å². The molecule has 1 aliphatic heterocycles. The predicted octanol–water partition coefficient (Wildman–Crippen LogP) is 3.96. The van der Waals surface area contributed by atoms with Crippen LogP contribution in [0.15, 0.2) is 42.5 Å². The van der Waals surface area contributed by atoms with Crippen molar-refractivity contribution in [2.45, 2.75) is 38.8 Å². The number of rotatable bonds is 7. The van der Waals surface area contributed by atoms with Crippen molar-refractivity contribution in [1.82, 2.24) is 29.5 Å². The molecule has 1 saturated heterocycles. The number of piperidine rings is 1. The van der Waals surface area contributed by atoms with Crippen molar-refractivity contribution in [3.63, 3.8) is 0 Å². The molecule has 3 heterocycles. The molecule has 0 unspecified atom stereocenters. The smallest absolute Gasteiger partial charge is 0.388 e. The molecule has 1 fully saturated rings. The molecule has 0 saturated carbocycles. The number of aromatic nitrogens is 4. The van der Waals surface area contributed by atoms with Gasteiger partial charge in [0.05, 0.1) is 18.1 Å². The SMILES string of the molecule is COc1nc2c(C)cc(C(=O)N3CC[C@@H](NC(=O)c4c(C)c(OC(F)F)nn4C)[C@@H](c4ccccc4)C3)cc2n1C. The third-order valence-corrected chi connectivity index (χ3v) is 7.67. The fraction of sp³-hybridized carbons (Fsp3) is 0.379. The lowest BCUT2D eigenvalue weighted by Gasteiger charge is -2.39. The van der Waals surface area contributed by atoms with Gasteiger partial charge in [0, 0.05) is 50.3 Å². The number of imidazole rings is 1. The minimum atomic E-state index is -3.05. The number of halogens is 2. The number of fused-ring (bicyclic) bond motifs is 1. The number of ether oxygens (including phenoxy) is 2. The second-order valence-corrected chi connectivity index (χ2v) is 10.2. The molecule has 5 rings (SSSR count). The summed E-state index contributed by atoms with van der Waals surface area (Å²) >= 11 is 0. The number of carbonyl (C=O) groups excluding carboxylic acids is 2. The first kappa shape index (κ1) is 28.1. The van der Waals surface area contributed by atoms with Crippen LogP contribution in [0.3, 0.4) is 0 Å². The first-order valence-corrected chi connectivity index (χ1v) is 13.2. The molecule has 1 aliphatic rings. The maximum atomic E-state index is 13.8. The van der Waals surface area contributed by atoms with E-state index in [9.17, 15) is 18.4 Å². The number of hydrogen-bond donors (Lipinski definition) is 1. The Morgan fingerprint density at radius 1 is 1.12 bits per heavy atom.